The van der Waals surface area contributed by atoms with Gasteiger partial charge in [-0.2, -0.15) is 0 Å². The lowest BCUT2D eigenvalue weighted by atomic mass is 10.1. The van der Waals surface area contributed by atoms with E-state index >= 15 is 0 Å². The first kappa shape index (κ1) is 10.7. The van der Waals surface area contributed by atoms with Gasteiger partial charge in [-0.15, -0.1) is 10.2 Å². The lowest BCUT2D eigenvalue weighted by Crippen LogP contribution is -2.19. The van der Waals surface area contributed by atoms with E-state index in [1.807, 2.05) is 6.07 Å². The summed E-state index contributed by atoms with van der Waals surface area (Å²) < 4.78 is 2.15. The molecule has 0 N–H and O–H groups in total. The number of fused-ring (bicyclic) bond motifs is 1. The second-order valence-electron chi connectivity index (χ2n) is 4.87. The van der Waals surface area contributed by atoms with E-state index < -0.39 is 0 Å². The molecule has 1 atom stereocenters. The highest BCUT2D eigenvalue weighted by atomic mass is 15.3. The van der Waals surface area contributed by atoms with Crippen molar-refractivity contribution in [3.05, 3.63) is 29.7 Å². The molecule has 2 aromatic rings. The van der Waals surface area contributed by atoms with Gasteiger partial charge in [0.15, 0.2) is 5.65 Å². The van der Waals surface area contributed by atoms with Crippen LogP contribution in [0.2, 0.25) is 0 Å². The number of rotatable bonds is 2. The first-order chi connectivity index (χ1) is 8.28. The van der Waals surface area contributed by atoms with Gasteiger partial charge in [0.05, 0.1) is 0 Å². The van der Waals surface area contributed by atoms with Crippen LogP contribution in [0.3, 0.4) is 0 Å². The lowest BCUT2D eigenvalue weighted by molar-refractivity contribution is 0.352. The first-order valence-electron chi connectivity index (χ1n) is 6.31. The van der Waals surface area contributed by atoms with Crippen molar-refractivity contribution in [2.45, 2.75) is 26.2 Å². The Balaban J connectivity index is 1.98. The third-order valence-corrected chi connectivity index (χ3v) is 3.66. The van der Waals surface area contributed by atoms with Crippen LogP contribution in [0.15, 0.2) is 18.3 Å². The van der Waals surface area contributed by atoms with Gasteiger partial charge in [0.25, 0.3) is 0 Å². The summed E-state index contributed by atoms with van der Waals surface area (Å²) in [5.41, 5.74) is 2.21. The second-order valence-corrected chi connectivity index (χ2v) is 4.87. The fraction of sp³-hybridized carbons (Fsp3) is 0.538. The fourth-order valence-corrected chi connectivity index (χ4v) is 2.62. The molecule has 1 saturated heterocycles. The van der Waals surface area contributed by atoms with E-state index in [0.29, 0.717) is 5.92 Å². The molecule has 0 saturated carbocycles. The Hall–Kier alpha value is -1.42. The molecule has 2 aromatic heterocycles. The second kappa shape index (κ2) is 4.11. The van der Waals surface area contributed by atoms with Crippen molar-refractivity contribution < 1.29 is 0 Å². The number of hydrogen-bond acceptors (Lipinski definition) is 3. The third kappa shape index (κ3) is 1.82. The molecular formula is C13H18N4. The molecule has 0 bridgehead atoms. The normalized spacial score (nSPS) is 21.4. The molecule has 0 aliphatic carbocycles. The third-order valence-electron chi connectivity index (χ3n) is 3.66. The number of aromatic nitrogens is 3. The predicted molar refractivity (Wildman–Crippen MR) is 67.2 cm³/mol. The molecular weight excluding hydrogens is 212 g/mol. The van der Waals surface area contributed by atoms with Gasteiger partial charge in [-0.05, 0) is 38.1 Å². The number of likely N-dealkylation sites (N-methyl/N-ethyl adjacent to an activating group) is 1. The smallest absolute Gasteiger partial charge is 0.160 e. The van der Waals surface area contributed by atoms with E-state index in [1.165, 1.54) is 18.5 Å². The van der Waals surface area contributed by atoms with Crippen molar-refractivity contribution in [1.29, 1.82) is 0 Å². The van der Waals surface area contributed by atoms with Gasteiger partial charge in [0, 0.05) is 18.7 Å². The van der Waals surface area contributed by atoms with E-state index in [-0.39, 0.29) is 0 Å². The molecule has 0 aromatic carbocycles. The number of pyridine rings is 1. The number of aryl methyl sites for hydroxylation is 1. The summed E-state index contributed by atoms with van der Waals surface area (Å²) in [6.45, 7) is 7.75. The molecule has 3 rings (SSSR count). The van der Waals surface area contributed by atoms with E-state index in [0.717, 1.165) is 24.6 Å². The molecule has 1 fully saturated rings. The fourth-order valence-electron chi connectivity index (χ4n) is 2.62. The van der Waals surface area contributed by atoms with E-state index in [9.17, 15) is 0 Å². The first-order valence-corrected chi connectivity index (χ1v) is 6.31. The SMILES string of the molecule is CCN1CCC(c2nnc3ccc(C)cn23)C1. The topological polar surface area (TPSA) is 33.4 Å². The standard InChI is InChI=1S/C13H18N4/c1-3-16-7-6-11(9-16)13-15-14-12-5-4-10(2)8-17(12)13/h4-5,8,11H,3,6-7,9H2,1-2H3. The zero-order valence-electron chi connectivity index (χ0n) is 10.4. The Kier molecular flexibility index (Phi) is 2.59. The van der Waals surface area contributed by atoms with Crippen molar-refractivity contribution in [2.75, 3.05) is 19.6 Å². The summed E-state index contributed by atoms with van der Waals surface area (Å²) >= 11 is 0. The molecule has 0 amide bonds. The minimum absolute atomic E-state index is 0.534. The van der Waals surface area contributed by atoms with Gasteiger partial charge in [0.2, 0.25) is 0 Å². The van der Waals surface area contributed by atoms with Crippen LogP contribution in [0.1, 0.15) is 30.7 Å². The van der Waals surface area contributed by atoms with Gasteiger partial charge < -0.3 is 4.90 Å². The quantitative estimate of drug-likeness (QED) is 0.789. The summed E-state index contributed by atoms with van der Waals surface area (Å²) in [4.78, 5) is 2.47. The highest BCUT2D eigenvalue weighted by Gasteiger charge is 2.26. The van der Waals surface area contributed by atoms with Gasteiger partial charge in [0.1, 0.15) is 5.82 Å². The van der Waals surface area contributed by atoms with Crippen LogP contribution in [0.25, 0.3) is 5.65 Å². The van der Waals surface area contributed by atoms with Crippen LogP contribution in [0.5, 0.6) is 0 Å². The van der Waals surface area contributed by atoms with Crippen molar-refractivity contribution >= 4 is 5.65 Å². The Morgan fingerprint density at radius 3 is 3.00 bits per heavy atom. The maximum absolute atomic E-state index is 4.37. The molecule has 1 aliphatic rings. The molecule has 17 heavy (non-hydrogen) atoms. The van der Waals surface area contributed by atoms with E-state index in [4.69, 9.17) is 0 Å². The Morgan fingerprint density at radius 2 is 2.24 bits per heavy atom. The summed E-state index contributed by atoms with van der Waals surface area (Å²) in [6.07, 6.45) is 3.34. The predicted octanol–water partition coefficient (Wildman–Crippen LogP) is 1.85. The molecule has 3 heterocycles. The average Bonchev–Trinajstić information content (AvgIpc) is 2.93. The largest absolute Gasteiger partial charge is 0.303 e. The monoisotopic (exact) mass is 230 g/mol. The molecule has 1 unspecified atom stereocenters. The highest BCUT2D eigenvalue weighted by molar-refractivity contribution is 5.39. The van der Waals surface area contributed by atoms with Crippen molar-refractivity contribution in [3.8, 4) is 0 Å². The lowest BCUT2D eigenvalue weighted by Gasteiger charge is -2.12. The molecule has 0 spiro atoms. The van der Waals surface area contributed by atoms with Gasteiger partial charge in [-0.25, -0.2) is 0 Å². The zero-order chi connectivity index (χ0) is 11.8. The van der Waals surface area contributed by atoms with Crippen LogP contribution in [0, 0.1) is 6.92 Å². The number of nitrogens with zero attached hydrogens (tertiary/aromatic N) is 4. The van der Waals surface area contributed by atoms with Gasteiger partial charge in [-0.3, -0.25) is 4.40 Å². The number of likely N-dealkylation sites (tertiary alicyclic amines) is 1. The molecule has 4 nitrogen and oxygen atoms in total. The van der Waals surface area contributed by atoms with Crippen LogP contribution in [0.4, 0.5) is 0 Å². The van der Waals surface area contributed by atoms with Crippen LogP contribution in [-0.4, -0.2) is 39.1 Å². The van der Waals surface area contributed by atoms with Crippen LogP contribution in [-0.2, 0) is 0 Å². The molecule has 4 heteroatoms. The van der Waals surface area contributed by atoms with Gasteiger partial charge >= 0.3 is 0 Å². The maximum Gasteiger partial charge on any atom is 0.160 e. The average molecular weight is 230 g/mol. The van der Waals surface area contributed by atoms with Crippen LogP contribution < -0.4 is 0 Å². The van der Waals surface area contributed by atoms with Crippen molar-refractivity contribution in [1.82, 2.24) is 19.5 Å². The van der Waals surface area contributed by atoms with Crippen molar-refractivity contribution in [2.24, 2.45) is 0 Å². The summed E-state index contributed by atoms with van der Waals surface area (Å²) in [6, 6.07) is 4.12. The molecule has 1 aliphatic heterocycles. The molecule has 0 radical (unpaired) electrons. The van der Waals surface area contributed by atoms with Gasteiger partial charge in [-0.1, -0.05) is 13.0 Å². The Bertz CT molecular complexity index is 531. The summed E-state index contributed by atoms with van der Waals surface area (Å²) in [5.74, 6) is 1.66. The summed E-state index contributed by atoms with van der Waals surface area (Å²) in [7, 11) is 0. The zero-order valence-corrected chi connectivity index (χ0v) is 10.4. The Morgan fingerprint density at radius 1 is 1.35 bits per heavy atom. The van der Waals surface area contributed by atoms with E-state index in [1.54, 1.807) is 0 Å². The minimum Gasteiger partial charge on any atom is -0.303 e. The Labute approximate surface area is 101 Å². The summed E-state index contributed by atoms with van der Waals surface area (Å²) in [5, 5.41) is 8.62. The van der Waals surface area contributed by atoms with Crippen molar-refractivity contribution in [3.63, 3.8) is 0 Å². The van der Waals surface area contributed by atoms with E-state index in [2.05, 4.69) is 45.6 Å². The number of hydrogen-bond donors (Lipinski definition) is 0. The van der Waals surface area contributed by atoms with Crippen LogP contribution >= 0.6 is 0 Å². The molecule has 90 valence electrons. The maximum atomic E-state index is 4.37. The highest BCUT2D eigenvalue weighted by Crippen LogP contribution is 2.26. The minimum atomic E-state index is 0.534.